The average Bonchev–Trinajstić information content (AvgIpc) is 2.68. The van der Waals surface area contributed by atoms with E-state index in [2.05, 4.69) is 0 Å². The zero-order valence-electron chi connectivity index (χ0n) is 12.0. The molecule has 4 heteroatoms. The summed E-state index contributed by atoms with van der Waals surface area (Å²) in [7, 11) is 0. The number of esters is 1. The van der Waals surface area contributed by atoms with Crippen LogP contribution >= 0.6 is 0 Å². The lowest BCUT2D eigenvalue weighted by molar-refractivity contribution is 0.0512. The molecular formula is C15H21NO3. The molecular weight excluding hydrogens is 242 g/mol. The van der Waals surface area contributed by atoms with Gasteiger partial charge in [0.15, 0.2) is 6.29 Å². The van der Waals surface area contributed by atoms with E-state index in [0.29, 0.717) is 24.4 Å². The molecule has 1 heterocycles. The Kier molecular flexibility index (Phi) is 5.55. The first-order chi connectivity index (χ1) is 9.12. The van der Waals surface area contributed by atoms with Crippen molar-refractivity contribution in [2.75, 3.05) is 6.61 Å². The van der Waals surface area contributed by atoms with Gasteiger partial charge in [0.05, 0.1) is 12.2 Å². The molecule has 0 spiro atoms. The quantitative estimate of drug-likeness (QED) is 0.450. The van der Waals surface area contributed by atoms with Crippen molar-refractivity contribution in [2.24, 2.45) is 0 Å². The number of aldehydes is 1. The van der Waals surface area contributed by atoms with E-state index in [1.165, 1.54) is 0 Å². The zero-order chi connectivity index (χ0) is 14.4. The van der Waals surface area contributed by atoms with Crippen LogP contribution in [0.25, 0.3) is 0 Å². The van der Waals surface area contributed by atoms with Gasteiger partial charge in [-0.15, -0.1) is 0 Å². The van der Waals surface area contributed by atoms with Crippen LogP contribution in [-0.4, -0.2) is 23.4 Å². The van der Waals surface area contributed by atoms with Crippen molar-refractivity contribution in [3.05, 3.63) is 34.7 Å². The monoisotopic (exact) mass is 263 g/mol. The van der Waals surface area contributed by atoms with E-state index >= 15 is 0 Å². The first kappa shape index (κ1) is 15.2. The highest BCUT2D eigenvalue weighted by atomic mass is 16.5. The standard InChI is InChI=1S/C15H21NO3/c1-5-8-9-16-11(4)12(6-2)13(10-17)14(16)15(18)19-7-3/h5,8,10H,6-7,9H2,1-4H3. The molecule has 0 fully saturated rings. The highest BCUT2D eigenvalue weighted by molar-refractivity contribution is 5.98. The second kappa shape index (κ2) is 6.92. The Morgan fingerprint density at radius 3 is 2.53 bits per heavy atom. The van der Waals surface area contributed by atoms with Crippen LogP contribution in [0.15, 0.2) is 12.2 Å². The third-order valence-electron chi connectivity index (χ3n) is 3.16. The predicted molar refractivity (Wildman–Crippen MR) is 74.7 cm³/mol. The van der Waals surface area contributed by atoms with E-state index in [1.54, 1.807) is 6.92 Å². The van der Waals surface area contributed by atoms with Crippen molar-refractivity contribution in [3.8, 4) is 0 Å². The molecule has 0 radical (unpaired) electrons. The second-order valence-corrected chi connectivity index (χ2v) is 4.20. The minimum Gasteiger partial charge on any atom is -0.461 e. The van der Waals surface area contributed by atoms with Crippen molar-refractivity contribution >= 4 is 12.3 Å². The Morgan fingerprint density at radius 1 is 1.37 bits per heavy atom. The van der Waals surface area contributed by atoms with Crippen LogP contribution in [0.5, 0.6) is 0 Å². The molecule has 19 heavy (non-hydrogen) atoms. The first-order valence-electron chi connectivity index (χ1n) is 6.57. The molecule has 4 nitrogen and oxygen atoms in total. The summed E-state index contributed by atoms with van der Waals surface area (Å²) >= 11 is 0. The van der Waals surface area contributed by atoms with Gasteiger partial charge in [-0.3, -0.25) is 4.79 Å². The van der Waals surface area contributed by atoms with Crippen LogP contribution in [0, 0.1) is 6.92 Å². The largest absolute Gasteiger partial charge is 0.461 e. The van der Waals surface area contributed by atoms with Gasteiger partial charge in [0.1, 0.15) is 5.69 Å². The van der Waals surface area contributed by atoms with Gasteiger partial charge >= 0.3 is 5.97 Å². The molecule has 1 aromatic rings. The number of aromatic nitrogens is 1. The lowest BCUT2D eigenvalue weighted by Crippen LogP contribution is -2.14. The average molecular weight is 263 g/mol. The maximum Gasteiger partial charge on any atom is 0.355 e. The summed E-state index contributed by atoms with van der Waals surface area (Å²) < 4.78 is 6.91. The molecule has 0 aromatic carbocycles. The fourth-order valence-electron chi connectivity index (χ4n) is 2.25. The predicted octanol–water partition coefficient (Wildman–Crippen LogP) is 2.92. The molecule has 0 amide bonds. The minimum atomic E-state index is -0.433. The van der Waals surface area contributed by atoms with Crippen molar-refractivity contribution in [1.82, 2.24) is 4.57 Å². The molecule has 104 valence electrons. The second-order valence-electron chi connectivity index (χ2n) is 4.20. The maximum atomic E-state index is 12.1. The van der Waals surface area contributed by atoms with E-state index in [1.807, 2.05) is 37.5 Å². The number of ether oxygens (including phenoxy) is 1. The number of allylic oxidation sites excluding steroid dienone is 2. The molecule has 0 aliphatic heterocycles. The van der Waals surface area contributed by atoms with Crippen LogP contribution in [0.1, 0.15) is 52.9 Å². The molecule has 0 N–H and O–H groups in total. The van der Waals surface area contributed by atoms with Crippen LogP contribution < -0.4 is 0 Å². The molecule has 0 saturated heterocycles. The normalized spacial score (nSPS) is 10.9. The van der Waals surface area contributed by atoms with Crippen molar-refractivity contribution in [2.45, 2.75) is 40.7 Å². The molecule has 0 unspecified atom stereocenters. The summed E-state index contributed by atoms with van der Waals surface area (Å²) in [4.78, 5) is 23.4. The lowest BCUT2D eigenvalue weighted by atomic mass is 10.1. The lowest BCUT2D eigenvalue weighted by Gasteiger charge is -2.09. The molecule has 0 aliphatic carbocycles. The van der Waals surface area contributed by atoms with Gasteiger partial charge < -0.3 is 9.30 Å². The molecule has 0 saturated carbocycles. The maximum absolute atomic E-state index is 12.1. The van der Waals surface area contributed by atoms with Crippen molar-refractivity contribution in [3.63, 3.8) is 0 Å². The number of nitrogens with zero attached hydrogens (tertiary/aromatic N) is 1. The number of carbonyl (C=O) groups excluding carboxylic acids is 2. The third kappa shape index (κ3) is 2.95. The zero-order valence-corrected chi connectivity index (χ0v) is 12.0. The van der Waals surface area contributed by atoms with Gasteiger partial charge in [0.2, 0.25) is 0 Å². The summed E-state index contributed by atoms with van der Waals surface area (Å²) in [5, 5.41) is 0. The highest BCUT2D eigenvalue weighted by Gasteiger charge is 2.24. The van der Waals surface area contributed by atoms with Crippen LogP contribution in [-0.2, 0) is 17.7 Å². The Labute approximate surface area is 114 Å². The topological polar surface area (TPSA) is 48.3 Å². The van der Waals surface area contributed by atoms with Crippen LogP contribution in [0.4, 0.5) is 0 Å². The molecule has 0 bridgehead atoms. The summed E-state index contributed by atoms with van der Waals surface area (Å²) in [5.41, 5.74) is 2.69. The Balaban J connectivity index is 3.44. The van der Waals surface area contributed by atoms with Crippen LogP contribution in [0.2, 0.25) is 0 Å². The Bertz CT molecular complexity index is 498. The number of hydrogen-bond donors (Lipinski definition) is 0. The van der Waals surface area contributed by atoms with Crippen LogP contribution in [0.3, 0.4) is 0 Å². The van der Waals surface area contributed by atoms with Gasteiger partial charge in [-0.2, -0.15) is 0 Å². The minimum absolute atomic E-state index is 0.298. The van der Waals surface area contributed by atoms with E-state index in [-0.39, 0.29) is 0 Å². The smallest absolute Gasteiger partial charge is 0.355 e. The van der Waals surface area contributed by atoms with Gasteiger partial charge in [-0.05, 0) is 32.8 Å². The van der Waals surface area contributed by atoms with Gasteiger partial charge in [-0.1, -0.05) is 19.1 Å². The van der Waals surface area contributed by atoms with E-state index in [4.69, 9.17) is 4.74 Å². The molecule has 0 aliphatic rings. The summed E-state index contributed by atoms with van der Waals surface area (Å²) in [6, 6.07) is 0. The third-order valence-corrected chi connectivity index (χ3v) is 3.16. The molecule has 1 rings (SSSR count). The van der Waals surface area contributed by atoms with Crippen molar-refractivity contribution < 1.29 is 14.3 Å². The first-order valence-corrected chi connectivity index (χ1v) is 6.57. The summed E-state index contributed by atoms with van der Waals surface area (Å²) in [6.07, 6.45) is 5.34. The summed E-state index contributed by atoms with van der Waals surface area (Å²) in [6.45, 7) is 8.45. The van der Waals surface area contributed by atoms with Gasteiger partial charge in [0, 0.05) is 12.2 Å². The Hall–Kier alpha value is -1.84. The molecule has 0 atom stereocenters. The Morgan fingerprint density at radius 2 is 2.05 bits per heavy atom. The number of hydrogen-bond acceptors (Lipinski definition) is 3. The fraction of sp³-hybridized carbons (Fsp3) is 0.467. The number of carbonyl (C=O) groups is 2. The van der Waals surface area contributed by atoms with Crippen molar-refractivity contribution in [1.29, 1.82) is 0 Å². The summed E-state index contributed by atoms with van der Waals surface area (Å²) in [5.74, 6) is -0.433. The number of rotatable bonds is 6. The van der Waals surface area contributed by atoms with Gasteiger partial charge in [-0.25, -0.2) is 4.79 Å². The van der Waals surface area contributed by atoms with E-state index in [9.17, 15) is 9.59 Å². The van der Waals surface area contributed by atoms with Gasteiger partial charge in [0.25, 0.3) is 0 Å². The molecule has 1 aromatic heterocycles. The highest BCUT2D eigenvalue weighted by Crippen LogP contribution is 2.23. The van der Waals surface area contributed by atoms with E-state index in [0.717, 1.165) is 24.0 Å². The van der Waals surface area contributed by atoms with E-state index < -0.39 is 5.97 Å². The fourth-order valence-corrected chi connectivity index (χ4v) is 2.25. The SMILES string of the molecule is CC=CCn1c(C)c(CC)c(C=O)c1C(=O)OCC.